The standard InChI is InChI=1S/C27H48N2O7/c1-27(2,3)36-26(33)29-22(25(32)35-5)18-16-17-21-28-23(30)19-14-12-10-8-6-7-9-11-13-15-20-24(31)34-4/h10,12,22H,6-9,11,13-21H2,1-5H3,(H,28,30)(H,29,33)/b12-10+/t22-/m0/s1. The summed E-state index contributed by atoms with van der Waals surface area (Å²) in [5, 5.41) is 5.43. The first kappa shape index (κ1) is 33.4. The molecule has 9 nitrogen and oxygen atoms in total. The van der Waals surface area contributed by atoms with Crippen molar-refractivity contribution < 1.29 is 33.4 Å². The average molecular weight is 513 g/mol. The van der Waals surface area contributed by atoms with Gasteiger partial charge in [0, 0.05) is 19.4 Å². The SMILES string of the molecule is COC(=O)CCCCCCCC/C=C/CCC(=O)NCCCC[C@H](NC(=O)OC(C)(C)C)C(=O)OC. The molecule has 0 aromatic carbocycles. The Kier molecular flexibility index (Phi) is 19.1. The van der Waals surface area contributed by atoms with Gasteiger partial charge in [-0.1, -0.05) is 37.8 Å². The van der Waals surface area contributed by atoms with Gasteiger partial charge in [-0.25, -0.2) is 9.59 Å². The lowest BCUT2D eigenvalue weighted by Crippen LogP contribution is -2.44. The minimum atomic E-state index is -0.780. The summed E-state index contributed by atoms with van der Waals surface area (Å²) in [7, 11) is 2.70. The maximum atomic E-state index is 12.0. The molecule has 0 aliphatic carbocycles. The second kappa shape index (κ2) is 20.6. The van der Waals surface area contributed by atoms with Gasteiger partial charge in [0.15, 0.2) is 0 Å². The van der Waals surface area contributed by atoms with Crippen molar-refractivity contribution in [2.45, 2.75) is 116 Å². The predicted molar refractivity (Wildman–Crippen MR) is 139 cm³/mol. The third-order valence-corrected chi connectivity index (χ3v) is 5.35. The number of alkyl carbamates (subject to hydrolysis) is 1. The van der Waals surface area contributed by atoms with E-state index in [1.165, 1.54) is 27.1 Å². The predicted octanol–water partition coefficient (Wildman–Crippen LogP) is 4.97. The van der Waals surface area contributed by atoms with Crippen LogP contribution >= 0.6 is 0 Å². The van der Waals surface area contributed by atoms with Crippen LogP contribution in [-0.4, -0.2) is 56.3 Å². The molecule has 0 aliphatic rings. The monoisotopic (exact) mass is 512 g/mol. The number of allylic oxidation sites excluding steroid dienone is 2. The van der Waals surface area contributed by atoms with Crippen LogP contribution < -0.4 is 10.6 Å². The molecule has 0 saturated heterocycles. The first-order valence-electron chi connectivity index (χ1n) is 13.1. The van der Waals surface area contributed by atoms with Gasteiger partial charge in [0.1, 0.15) is 11.6 Å². The summed E-state index contributed by atoms with van der Waals surface area (Å²) in [5.74, 6) is -0.650. The van der Waals surface area contributed by atoms with E-state index in [0.717, 1.165) is 32.1 Å². The second-order valence-electron chi connectivity index (χ2n) is 9.81. The number of esters is 2. The van der Waals surface area contributed by atoms with E-state index in [9.17, 15) is 19.2 Å². The Morgan fingerprint density at radius 3 is 2.06 bits per heavy atom. The number of ether oxygens (including phenoxy) is 3. The van der Waals surface area contributed by atoms with Gasteiger partial charge in [0.25, 0.3) is 0 Å². The van der Waals surface area contributed by atoms with Crippen molar-refractivity contribution in [2.24, 2.45) is 0 Å². The Labute approximate surface area is 217 Å². The number of unbranched alkanes of at least 4 members (excludes halogenated alkanes) is 7. The highest BCUT2D eigenvalue weighted by Gasteiger charge is 2.24. The van der Waals surface area contributed by atoms with E-state index < -0.39 is 23.7 Å². The van der Waals surface area contributed by atoms with Crippen LogP contribution in [0.2, 0.25) is 0 Å². The molecule has 9 heteroatoms. The summed E-state index contributed by atoms with van der Waals surface area (Å²) in [6, 6.07) is -0.780. The Bertz CT molecular complexity index is 672. The molecule has 0 aromatic heterocycles. The number of nitrogens with one attached hydrogen (secondary N) is 2. The molecule has 0 saturated carbocycles. The van der Waals surface area contributed by atoms with Crippen molar-refractivity contribution in [3.63, 3.8) is 0 Å². The van der Waals surface area contributed by atoms with Crippen LogP contribution in [-0.2, 0) is 28.6 Å². The van der Waals surface area contributed by atoms with E-state index in [1.807, 2.05) is 0 Å². The fourth-order valence-electron chi connectivity index (χ4n) is 3.42. The highest BCUT2D eigenvalue weighted by Crippen LogP contribution is 2.10. The normalized spacial score (nSPS) is 12.1. The van der Waals surface area contributed by atoms with Gasteiger partial charge in [-0.2, -0.15) is 0 Å². The van der Waals surface area contributed by atoms with Crippen molar-refractivity contribution in [2.75, 3.05) is 20.8 Å². The second-order valence-corrected chi connectivity index (χ2v) is 9.81. The van der Waals surface area contributed by atoms with E-state index in [0.29, 0.717) is 45.1 Å². The Balaban J connectivity index is 3.80. The fourth-order valence-corrected chi connectivity index (χ4v) is 3.42. The lowest BCUT2D eigenvalue weighted by Gasteiger charge is -2.22. The van der Waals surface area contributed by atoms with Crippen LogP contribution in [0, 0.1) is 0 Å². The van der Waals surface area contributed by atoms with Crippen LogP contribution in [0.15, 0.2) is 12.2 Å². The maximum Gasteiger partial charge on any atom is 0.408 e. The molecule has 0 unspecified atom stereocenters. The van der Waals surface area contributed by atoms with Crippen LogP contribution in [0.3, 0.4) is 0 Å². The third-order valence-electron chi connectivity index (χ3n) is 5.35. The zero-order chi connectivity index (χ0) is 27.2. The molecule has 0 radical (unpaired) electrons. The summed E-state index contributed by atoms with van der Waals surface area (Å²) >= 11 is 0. The van der Waals surface area contributed by atoms with Crippen LogP contribution in [0.25, 0.3) is 0 Å². The number of hydrogen-bond donors (Lipinski definition) is 2. The van der Waals surface area contributed by atoms with Crippen molar-refractivity contribution in [3.05, 3.63) is 12.2 Å². The zero-order valence-electron chi connectivity index (χ0n) is 23.0. The lowest BCUT2D eigenvalue weighted by atomic mass is 10.1. The van der Waals surface area contributed by atoms with Gasteiger partial charge in [0.2, 0.25) is 5.91 Å². The molecule has 208 valence electrons. The molecule has 0 rings (SSSR count). The topological polar surface area (TPSA) is 120 Å². The molecular weight excluding hydrogens is 464 g/mol. The molecule has 0 aliphatic heterocycles. The molecular formula is C27H48N2O7. The van der Waals surface area contributed by atoms with Gasteiger partial charge in [-0.15, -0.1) is 0 Å². The fraction of sp³-hybridized carbons (Fsp3) is 0.778. The number of amides is 2. The minimum absolute atomic E-state index is 0.00278. The van der Waals surface area contributed by atoms with Crippen molar-refractivity contribution in [1.82, 2.24) is 10.6 Å². The summed E-state index contributed by atoms with van der Waals surface area (Å²) in [5.41, 5.74) is -0.654. The average Bonchev–Trinajstić information content (AvgIpc) is 2.81. The van der Waals surface area contributed by atoms with E-state index >= 15 is 0 Å². The van der Waals surface area contributed by atoms with Crippen molar-refractivity contribution in [1.29, 1.82) is 0 Å². The Hall–Kier alpha value is -2.58. The summed E-state index contributed by atoms with van der Waals surface area (Å²) in [6.45, 7) is 5.76. The van der Waals surface area contributed by atoms with Gasteiger partial charge in [0.05, 0.1) is 14.2 Å². The van der Waals surface area contributed by atoms with Crippen molar-refractivity contribution in [3.8, 4) is 0 Å². The maximum absolute atomic E-state index is 12.0. The molecule has 1 atom stereocenters. The van der Waals surface area contributed by atoms with Crippen LogP contribution in [0.4, 0.5) is 4.79 Å². The minimum Gasteiger partial charge on any atom is -0.469 e. The number of rotatable bonds is 19. The van der Waals surface area contributed by atoms with Gasteiger partial charge in [-0.3, -0.25) is 9.59 Å². The largest absolute Gasteiger partial charge is 0.469 e. The first-order valence-corrected chi connectivity index (χ1v) is 13.1. The van der Waals surface area contributed by atoms with Gasteiger partial charge >= 0.3 is 18.0 Å². The molecule has 0 spiro atoms. The van der Waals surface area contributed by atoms with E-state index in [4.69, 9.17) is 9.47 Å². The number of methoxy groups -OCH3 is 2. The third kappa shape index (κ3) is 20.8. The van der Waals surface area contributed by atoms with E-state index in [1.54, 1.807) is 20.8 Å². The summed E-state index contributed by atoms with van der Waals surface area (Å²) in [4.78, 5) is 46.8. The molecule has 2 N–H and O–H groups in total. The molecule has 0 fully saturated rings. The number of carbonyl (C=O) groups excluding carboxylic acids is 4. The number of hydrogen-bond acceptors (Lipinski definition) is 7. The highest BCUT2D eigenvalue weighted by molar-refractivity contribution is 5.81. The smallest absolute Gasteiger partial charge is 0.408 e. The lowest BCUT2D eigenvalue weighted by molar-refractivity contribution is -0.143. The highest BCUT2D eigenvalue weighted by atomic mass is 16.6. The Morgan fingerprint density at radius 2 is 1.42 bits per heavy atom. The van der Waals surface area contributed by atoms with E-state index in [2.05, 4.69) is 27.5 Å². The molecule has 0 heterocycles. The zero-order valence-corrected chi connectivity index (χ0v) is 23.0. The van der Waals surface area contributed by atoms with Gasteiger partial charge in [-0.05, 0) is 65.7 Å². The van der Waals surface area contributed by atoms with E-state index in [-0.39, 0.29) is 11.9 Å². The summed E-state index contributed by atoms with van der Waals surface area (Å²) < 4.78 is 14.6. The molecule has 36 heavy (non-hydrogen) atoms. The summed E-state index contributed by atoms with van der Waals surface area (Å²) in [6.07, 6.45) is 14.5. The molecule has 0 bridgehead atoms. The molecule has 0 aromatic rings. The first-order chi connectivity index (χ1) is 17.1. The molecule has 2 amide bonds. The number of carbonyl (C=O) groups is 4. The van der Waals surface area contributed by atoms with Crippen molar-refractivity contribution >= 4 is 23.9 Å². The van der Waals surface area contributed by atoms with Crippen LogP contribution in [0.1, 0.15) is 104 Å². The quantitative estimate of drug-likeness (QED) is 0.108. The van der Waals surface area contributed by atoms with Crippen LogP contribution in [0.5, 0.6) is 0 Å². The Morgan fingerprint density at radius 1 is 0.778 bits per heavy atom. The van der Waals surface area contributed by atoms with Gasteiger partial charge < -0.3 is 24.8 Å².